The van der Waals surface area contributed by atoms with Gasteiger partial charge in [0.2, 0.25) is 5.88 Å². The van der Waals surface area contributed by atoms with Crippen molar-refractivity contribution in [3.63, 3.8) is 0 Å². The van der Waals surface area contributed by atoms with Gasteiger partial charge in [-0.25, -0.2) is 9.97 Å². The van der Waals surface area contributed by atoms with Crippen LogP contribution in [0.1, 0.15) is 18.2 Å². The minimum Gasteiger partial charge on any atom is -0.475 e. The summed E-state index contributed by atoms with van der Waals surface area (Å²) in [5.74, 6) is 0.688. The number of rotatable bonds is 5. The molecule has 2 aromatic rings. The normalized spacial score (nSPS) is 24.4. The van der Waals surface area contributed by atoms with Crippen LogP contribution in [0.2, 0.25) is 0 Å². The lowest BCUT2D eigenvalue weighted by Crippen LogP contribution is -2.50. The Morgan fingerprint density at radius 3 is 2.67 bits per heavy atom. The third-order valence-electron chi connectivity index (χ3n) is 5.98. The summed E-state index contributed by atoms with van der Waals surface area (Å²) in [4.78, 5) is 19.4. The van der Waals surface area contributed by atoms with Crippen LogP contribution >= 0.6 is 0 Å². The molecule has 156 valence electrons. The molecule has 0 N–H and O–H groups in total. The van der Waals surface area contributed by atoms with Gasteiger partial charge in [-0.3, -0.25) is 9.80 Å². The number of aromatic nitrogens is 2. The fourth-order valence-corrected chi connectivity index (χ4v) is 4.40. The Morgan fingerprint density at radius 2 is 1.83 bits per heavy atom. The van der Waals surface area contributed by atoms with Gasteiger partial charge in [0.25, 0.3) is 0 Å². The highest BCUT2D eigenvalue weighted by atomic mass is 16.6. The Hall–Kier alpha value is -2.77. The molecule has 1 saturated heterocycles. The van der Waals surface area contributed by atoms with Gasteiger partial charge in [-0.15, -0.1) is 0 Å². The summed E-state index contributed by atoms with van der Waals surface area (Å²) < 4.78 is 5.80. The zero-order valence-corrected chi connectivity index (χ0v) is 17.3. The maximum atomic E-state index is 5.80. The van der Waals surface area contributed by atoms with Gasteiger partial charge in [0, 0.05) is 51.7 Å². The van der Waals surface area contributed by atoms with Crippen molar-refractivity contribution in [3.8, 4) is 5.88 Å². The summed E-state index contributed by atoms with van der Waals surface area (Å²) in [7, 11) is 0. The summed E-state index contributed by atoms with van der Waals surface area (Å²) in [5.41, 5.74) is 4.27. The molecule has 1 aromatic carbocycles. The summed E-state index contributed by atoms with van der Waals surface area (Å²) in [6.07, 6.45) is 5.61. The average molecular weight is 406 g/mol. The van der Waals surface area contributed by atoms with Crippen molar-refractivity contribution in [2.45, 2.75) is 13.0 Å². The topological polar surface area (TPSA) is 63.1 Å². The van der Waals surface area contributed by atoms with Gasteiger partial charge < -0.3 is 9.57 Å². The third-order valence-corrected chi connectivity index (χ3v) is 5.98. The van der Waals surface area contributed by atoms with Crippen molar-refractivity contribution in [1.29, 1.82) is 0 Å². The maximum absolute atomic E-state index is 5.80. The molecule has 3 aliphatic heterocycles. The molecular formula is C23H27N5O2. The van der Waals surface area contributed by atoms with E-state index in [4.69, 9.17) is 9.57 Å². The Balaban J connectivity index is 1.12. The van der Waals surface area contributed by atoms with Gasteiger partial charge in [0.05, 0.1) is 5.92 Å². The molecule has 4 heterocycles. The minimum absolute atomic E-state index is 0.0152. The second-order valence-corrected chi connectivity index (χ2v) is 8.23. The largest absolute Gasteiger partial charge is 0.475 e. The first-order valence-corrected chi connectivity index (χ1v) is 10.6. The molecule has 7 heteroatoms. The van der Waals surface area contributed by atoms with E-state index in [2.05, 4.69) is 68.3 Å². The van der Waals surface area contributed by atoms with Crippen LogP contribution in [-0.2, 0) is 4.84 Å². The molecule has 5 rings (SSSR count). The van der Waals surface area contributed by atoms with E-state index in [0.717, 1.165) is 50.7 Å². The standard InChI is InChI=1S/C23H27N5O2/c1-17(13-18-5-3-2-4-6-18)14-27-9-11-28(12-10-27)15-20-19-16-29-23-22(21(19)26-30-20)24-7-8-25-23/h2-8,13,19-20H,9-12,14-16H2,1H3/b17-13+. The highest BCUT2D eigenvalue weighted by Crippen LogP contribution is 2.31. The number of hydrogen-bond donors (Lipinski definition) is 0. The highest BCUT2D eigenvalue weighted by Gasteiger charge is 2.42. The lowest BCUT2D eigenvalue weighted by molar-refractivity contribution is 0.00971. The second kappa shape index (κ2) is 8.53. The predicted molar refractivity (Wildman–Crippen MR) is 115 cm³/mol. The molecule has 0 amide bonds. The SMILES string of the molecule is C/C(=C\c1ccccc1)CN1CCN(CC2ON=C3c4nccnc4OCC32)CC1. The van der Waals surface area contributed by atoms with Gasteiger partial charge in [-0.05, 0) is 12.5 Å². The molecule has 2 atom stereocenters. The van der Waals surface area contributed by atoms with Crippen LogP contribution in [-0.4, -0.2) is 77.5 Å². The van der Waals surface area contributed by atoms with Crippen molar-refractivity contribution in [1.82, 2.24) is 19.8 Å². The first kappa shape index (κ1) is 19.2. The fraction of sp³-hybridized carbons (Fsp3) is 0.435. The lowest BCUT2D eigenvalue weighted by Gasteiger charge is -2.36. The average Bonchev–Trinajstić information content (AvgIpc) is 3.19. The van der Waals surface area contributed by atoms with E-state index in [-0.39, 0.29) is 12.0 Å². The number of fused-ring (bicyclic) bond motifs is 3. The zero-order valence-electron chi connectivity index (χ0n) is 17.3. The Kier molecular flexibility index (Phi) is 5.46. The first-order valence-electron chi connectivity index (χ1n) is 10.6. The van der Waals surface area contributed by atoms with Crippen LogP contribution in [0, 0.1) is 5.92 Å². The number of oxime groups is 1. The number of nitrogens with zero attached hydrogens (tertiary/aromatic N) is 5. The van der Waals surface area contributed by atoms with Gasteiger partial charge in [-0.2, -0.15) is 0 Å². The minimum atomic E-state index is 0.0152. The molecule has 0 bridgehead atoms. The predicted octanol–water partition coefficient (Wildman–Crippen LogP) is 2.31. The van der Waals surface area contributed by atoms with Crippen molar-refractivity contribution < 1.29 is 9.57 Å². The number of benzene rings is 1. The van der Waals surface area contributed by atoms with Crippen LogP contribution in [0.5, 0.6) is 5.88 Å². The molecule has 3 aliphatic rings. The van der Waals surface area contributed by atoms with Gasteiger partial charge >= 0.3 is 0 Å². The molecule has 2 unspecified atom stereocenters. The van der Waals surface area contributed by atoms with Crippen LogP contribution in [0.15, 0.2) is 53.5 Å². The summed E-state index contributed by atoms with van der Waals surface area (Å²) in [6, 6.07) is 10.5. The van der Waals surface area contributed by atoms with Crippen molar-refractivity contribution in [2.24, 2.45) is 11.1 Å². The van der Waals surface area contributed by atoms with Crippen LogP contribution in [0.4, 0.5) is 0 Å². The van der Waals surface area contributed by atoms with Crippen LogP contribution < -0.4 is 4.74 Å². The Morgan fingerprint density at radius 1 is 1.07 bits per heavy atom. The second-order valence-electron chi connectivity index (χ2n) is 8.23. The Labute approximate surface area is 177 Å². The van der Waals surface area contributed by atoms with E-state index in [0.29, 0.717) is 12.5 Å². The summed E-state index contributed by atoms with van der Waals surface area (Å²) in [6.45, 7) is 8.86. The maximum Gasteiger partial charge on any atom is 0.242 e. The molecule has 1 aromatic heterocycles. The van der Waals surface area contributed by atoms with E-state index in [1.807, 2.05) is 0 Å². The smallest absolute Gasteiger partial charge is 0.242 e. The van der Waals surface area contributed by atoms with Crippen LogP contribution in [0.25, 0.3) is 6.08 Å². The monoisotopic (exact) mass is 405 g/mol. The van der Waals surface area contributed by atoms with Gasteiger partial charge in [0.15, 0.2) is 11.8 Å². The van der Waals surface area contributed by atoms with Gasteiger partial charge in [-0.1, -0.05) is 47.1 Å². The lowest BCUT2D eigenvalue weighted by atomic mass is 9.94. The molecule has 0 saturated carbocycles. The van der Waals surface area contributed by atoms with E-state index >= 15 is 0 Å². The van der Waals surface area contributed by atoms with E-state index < -0.39 is 0 Å². The number of hydrogen-bond acceptors (Lipinski definition) is 7. The molecule has 1 fully saturated rings. The molecule has 30 heavy (non-hydrogen) atoms. The Bertz CT molecular complexity index is 938. The number of ether oxygens (including phenoxy) is 1. The molecule has 0 aliphatic carbocycles. The first-order chi connectivity index (χ1) is 14.8. The molecule has 0 spiro atoms. The van der Waals surface area contributed by atoms with Crippen LogP contribution in [0.3, 0.4) is 0 Å². The van der Waals surface area contributed by atoms with E-state index in [1.54, 1.807) is 12.4 Å². The number of piperazine rings is 1. The fourth-order valence-electron chi connectivity index (χ4n) is 4.40. The molecule has 0 radical (unpaired) electrons. The molecular weight excluding hydrogens is 378 g/mol. The third kappa shape index (κ3) is 4.08. The molecule has 7 nitrogen and oxygen atoms in total. The van der Waals surface area contributed by atoms with Crippen molar-refractivity contribution in [3.05, 3.63) is 59.6 Å². The van der Waals surface area contributed by atoms with Crippen molar-refractivity contribution in [2.75, 3.05) is 45.9 Å². The van der Waals surface area contributed by atoms with Crippen molar-refractivity contribution >= 4 is 11.8 Å². The van der Waals surface area contributed by atoms with E-state index in [1.165, 1.54) is 11.1 Å². The van der Waals surface area contributed by atoms with Gasteiger partial charge in [0.1, 0.15) is 12.3 Å². The quantitative estimate of drug-likeness (QED) is 0.761. The zero-order chi connectivity index (χ0) is 20.3. The summed E-state index contributed by atoms with van der Waals surface area (Å²) >= 11 is 0. The highest BCUT2D eigenvalue weighted by molar-refractivity contribution is 6.04. The van der Waals surface area contributed by atoms with E-state index in [9.17, 15) is 0 Å². The summed E-state index contributed by atoms with van der Waals surface area (Å²) in [5, 5.41) is 4.33.